The molecule has 0 radical (unpaired) electrons. The van der Waals surface area contributed by atoms with Crippen LogP contribution in [0.1, 0.15) is 47.3 Å². The van der Waals surface area contributed by atoms with E-state index in [1.807, 2.05) is 25.5 Å². The van der Waals surface area contributed by atoms with Gasteiger partial charge >= 0.3 is 5.97 Å². The van der Waals surface area contributed by atoms with E-state index in [4.69, 9.17) is 4.74 Å². The third-order valence-electron chi connectivity index (χ3n) is 3.01. The van der Waals surface area contributed by atoms with Crippen LogP contribution in [0.3, 0.4) is 0 Å². The summed E-state index contributed by atoms with van der Waals surface area (Å²) in [6.45, 7) is 4.25. The minimum Gasteiger partial charge on any atom is -0.462 e. The topological polar surface area (TPSA) is 31.2 Å². The Hall–Kier alpha value is -1.25. The lowest BCUT2D eigenvalue weighted by Gasteiger charge is -2.04. The van der Waals surface area contributed by atoms with E-state index < -0.39 is 0 Å². The van der Waals surface area contributed by atoms with Gasteiger partial charge in [0.1, 0.15) is 0 Å². The molecule has 1 aromatic rings. The van der Waals surface area contributed by atoms with E-state index in [9.17, 15) is 4.79 Å². The van der Waals surface area contributed by atoms with Gasteiger partial charge in [-0.25, -0.2) is 4.79 Å². The van der Waals surface area contributed by atoms with Gasteiger partial charge in [-0.2, -0.15) is 0 Å². The van der Waals surface area contributed by atoms with E-state index in [2.05, 4.69) is 6.20 Å². The summed E-state index contributed by atoms with van der Waals surface area (Å²) in [5.74, 6) is 0.418. The Morgan fingerprint density at radius 2 is 2.27 bits per heavy atom. The fourth-order valence-electron chi connectivity index (χ4n) is 1.93. The summed E-state index contributed by atoms with van der Waals surface area (Å²) in [5, 5.41) is 0. The molecular formula is C12H17NO2. The van der Waals surface area contributed by atoms with E-state index in [1.54, 1.807) is 0 Å². The second-order valence-corrected chi connectivity index (χ2v) is 4.15. The average Bonchev–Trinajstić information content (AvgIpc) is 2.96. The average molecular weight is 207 g/mol. The molecule has 1 heterocycles. The van der Waals surface area contributed by atoms with Gasteiger partial charge in [0.2, 0.25) is 0 Å². The lowest BCUT2D eigenvalue weighted by atomic mass is 10.1. The van der Waals surface area contributed by atoms with Crippen LogP contribution in [0.25, 0.3) is 0 Å². The van der Waals surface area contributed by atoms with Crippen molar-refractivity contribution in [1.29, 1.82) is 0 Å². The lowest BCUT2D eigenvalue weighted by Crippen LogP contribution is -2.08. The monoisotopic (exact) mass is 207 g/mol. The molecule has 0 bridgehead atoms. The molecule has 0 saturated heterocycles. The van der Waals surface area contributed by atoms with Crippen LogP contribution in [0.15, 0.2) is 6.20 Å². The Kier molecular flexibility index (Phi) is 2.55. The summed E-state index contributed by atoms with van der Waals surface area (Å²) in [5.41, 5.74) is 2.98. The third kappa shape index (κ3) is 1.78. The van der Waals surface area contributed by atoms with Crippen molar-refractivity contribution in [2.45, 2.75) is 32.6 Å². The second-order valence-electron chi connectivity index (χ2n) is 4.15. The van der Waals surface area contributed by atoms with Gasteiger partial charge in [0.05, 0.1) is 12.2 Å². The first-order chi connectivity index (χ1) is 7.15. The van der Waals surface area contributed by atoms with Crippen molar-refractivity contribution in [2.24, 2.45) is 7.05 Å². The molecule has 0 aliphatic heterocycles. The van der Waals surface area contributed by atoms with Gasteiger partial charge < -0.3 is 9.30 Å². The highest BCUT2D eigenvalue weighted by Gasteiger charge is 2.31. The summed E-state index contributed by atoms with van der Waals surface area (Å²) in [7, 11) is 1.98. The molecule has 1 aliphatic rings. The van der Waals surface area contributed by atoms with Crippen molar-refractivity contribution in [3.05, 3.63) is 23.0 Å². The van der Waals surface area contributed by atoms with Gasteiger partial charge in [-0.3, -0.25) is 0 Å². The van der Waals surface area contributed by atoms with Crippen molar-refractivity contribution in [1.82, 2.24) is 4.57 Å². The summed E-state index contributed by atoms with van der Waals surface area (Å²) in [4.78, 5) is 11.8. The normalized spacial score (nSPS) is 15.4. The van der Waals surface area contributed by atoms with Gasteiger partial charge in [-0.1, -0.05) is 0 Å². The molecule has 0 atom stereocenters. The largest absolute Gasteiger partial charge is 0.462 e. The number of hydrogen-bond donors (Lipinski definition) is 0. The van der Waals surface area contributed by atoms with Gasteiger partial charge in [0.25, 0.3) is 0 Å². The van der Waals surface area contributed by atoms with E-state index in [0.717, 1.165) is 11.3 Å². The number of nitrogens with zero attached hydrogens (tertiary/aromatic N) is 1. The Balaban J connectivity index is 2.38. The minimum atomic E-state index is -0.169. The van der Waals surface area contributed by atoms with Gasteiger partial charge in [-0.05, 0) is 38.2 Å². The van der Waals surface area contributed by atoms with E-state index in [-0.39, 0.29) is 5.97 Å². The highest BCUT2D eigenvalue weighted by molar-refractivity contribution is 5.93. The molecule has 82 valence electrons. The predicted molar refractivity (Wildman–Crippen MR) is 58.1 cm³/mol. The highest BCUT2D eigenvalue weighted by atomic mass is 16.5. The molecule has 1 aliphatic carbocycles. The number of aromatic nitrogens is 1. The zero-order valence-corrected chi connectivity index (χ0v) is 9.54. The molecule has 15 heavy (non-hydrogen) atoms. The quantitative estimate of drug-likeness (QED) is 0.713. The van der Waals surface area contributed by atoms with Crippen LogP contribution in [-0.4, -0.2) is 17.1 Å². The molecule has 2 rings (SSSR count). The van der Waals surface area contributed by atoms with Gasteiger partial charge in [0, 0.05) is 18.9 Å². The number of aryl methyl sites for hydroxylation is 1. The lowest BCUT2D eigenvalue weighted by molar-refractivity contribution is 0.0524. The fraction of sp³-hybridized carbons (Fsp3) is 0.583. The molecule has 3 heteroatoms. The Labute approximate surface area is 90.0 Å². The minimum absolute atomic E-state index is 0.169. The molecule has 0 aromatic carbocycles. The molecule has 0 spiro atoms. The van der Waals surface area contributed by atoms with Crippen LogP contribution >= 0.6 is 0 Å². The SMILES string of the molecule is CCOC(=O)c1c(C2CC2)cn(C)c1C. The fourth-order valence-corrected chi connectivity index (χ4v) is 1.93. The molecule has 0 N–H and O–H groups in total. The summed E-state index contributed by atoms with van der Waals surface area (Å²) < 4.78 is 7.10. The molecule has 0 unspecified atom stereocenters. The Morgan fingerprint density at radius 1 is 1.60 bits per heavy atom. The number of rotatable bonds is 3. The number of carbonyl (C=O) groups excluding carboxylic acids is 1. The first-order valence-corrected chi connectivity index (χ1v) is 5.48. The maximum atomic E-state index is 11.8. The Morgan fingerprint density at radius 3 is 2.80 bits per heavy atom. The molecule has 1 aromatic heterocycles. The van der Waals surface area contributed by atoms with Gasteiger partial charge in [-0.15, -0.1) is 0 Å². The van der Waals surface area contributed by atoms with E-state index in [0.29, 0.717) is 12.5 Å². The smallest absolute Gasteiger partial charge is 0.340 e. The van der Waals surface area contributed by atoms with Crippen molar-refractivity contribution < 1.29 is 9.53 Å². The first-order valence-electron chi connectivity index (χ1n) is 5.48. The molecule has 0 amide bonds. The van der Waals surface area contributed by atoms with E-state index in [1.165, 1.54) is 18.4 Å². The van der Waals surface area contributed by atoms with Crippen molar-refractivity contribution in [2.75, 3.05) is 6.61 Å². The standard InChI is InChI=1S/C12H17NO2/c1-4-15-12(14)11-8(2)13(3)7-10(11)9-5-6-9/h7,9H,4-6H2,1-3H3. The van der Waals surface area contributed by atoms with Crippen LogP contribution in [0.2, 0.25) is 0 Å². The van der Waals surface area contributed by atoms with Crippen LogP contribution in [0.4, 0.5) is 0 Å². The number of carbonyl (C=O) groups is 1. The summed E-state index contributed by atoms with van der Waals surface area (Å²) >= 11 is 0. The van der Waals surface area contributed by atoms with Crippen molar-refractivity contribution >= 4 is 5.97 Å². The second kappa shape index (κ2) is 3.72. The molecular weight excluding hydrogens is 190 g/mol. The number of esters is 1. The van der Waals surface area contributed by atoms with Gasteiger partial charge in [0.15, 0.2) is 0 Å². The van der Waals surface area contributed by atoms with Crippen molar-refractivity contribution in [3.8, 4) is 0 Å². The summed E-state index contributed by atoms with van der Waals surface area (Å²) in [6, 6.07) is 0. The van der Waals surface area contributed by atoms with Crippen LogP contribution in [0.5, 0.6) is 0 Å². The molecule has 3 nitrogen and oxygen atoms in total. The van der Waals surface area contributed by atoms with E-state index >= 15 is 0 Å². The maximum Gasteiger partial charge on any atom is 0.340 e. The predicted octanol–water partition coefficient (Wildman–Crippen LogP) is 2.39. The maximum absolute atomic E-state index is 11.8. The van der Waals surface area contributed by atoms with Crippen molar-refractivity contribution in [3.63, 3.8) is 0 Å². The number of ether oxygens (including phenoxy) is 1. The third-order valence-corrected chi connectivity index (χ3v) is 3.01. The highest BCUT2D eigenvalue weighted by Crippen LogP contribution is 2.43. The summed E-state index contributed by atoms with van der Waals surface area (Å²) in [6.07, 6.45) is 4.48. The Bertz CT molecular complexity index is 389. The zero-order valence-electron chi connectivity index (χ0n) is 9.54. The van der Waals surface area contributed by atoms with Crippen LogP contribution in [-0.2, 0) is 11.8 Å². The molecule has 1 saturated carbocycles. The van der Waals surface area contributed by atoms with Crippen LogP contribution < -0.4 is 0 Å². The number of hydrogen-bond acceptors (Lipinski definition) is 2. The zero-order chi connectivity index (χ0) is 11.0. The first kappa shape index (κ1) is 10.3. The van der Waals surface area contributed by atoms with Crippen LogP contribution in [0, 0.1) is 6.92 Å². The molecule has 1 fully saturated rings.